The maximum atomic E-state index is 12.6. The molecule has 1 amide bonds. The van der Waals surface area contributed by atoms with Crippen LogP contribution in [0.4, 0.5) is 5.69 Å². The van der Waals surface area contributed by atoms with Crippen LogP contribution in [-0.2, 0) is 11.2 Å². The molecule has 0 unspecified atom stereocenters. The summed E-state index contributed by atoms with van der Waals surface area (Å²) in [5.74, 6) is 0.700. The first-order valence-electron chi connectivity index (χ1n) is 10.2. The number of carbonyl (C=O) groups is 1. The van der Waals surface area contributed by atoms with Crippen molar-refractivity contribution in [1.29, 1.82) is 0 Å². The molecule has 5 rings (SSSR count). The molecule has 2 aromatic carbocycles. The standard InChI is InChI=1S/C25H22N2O4/c1-13-15(3)30-22-12-23-20(11-19(13)22)14(2)18(25(29)31-23)5-7-24(28)27-17-4-6-21-16(10-17)8-9-26-21/h4,6,8-12,26H,5,7H2,1-3H3,(H,27,28). The van der Waals surface area contributed by atoms with Gasteiger partial charge in [0.25, 0.3) is 0 Å². The van der Waals surface area contributed by atoms with Crippen LogP contribution in [0.25, 0.3) is 32.8 Å². The second kappa shape index (κ2) is 7.16. The van der Waals surface area contributed by atoms with Crippen molar-refractivity contribution in [3.05, 3.63) is 75.5 Å². The highest BCUT2D eigenvalue weighted by Gasteiger charge is 2.16. The average molecular weight is 414 g/mol. The van der Waals surface area contributed by atoms with Crippen LogP contribution in [0, 0.1) is 20.8 Å². The Morgan fingerprint density at radius 2 is 1.74 bits per heavy atom. The smallest absolute Gasteiger partial charge is 0.339 e. The average Bonchev–Trinajstić information content (AvgIpc) is 3.30. The molecular weight excluding hydrogens is 392 g/mol. The largest absolute Gasteiger partial charge is 0.461 e. The Hall–Kier alpha value is -3.80. The van der Waals surface area contributed by atoms with Crippen LogP contribution < -0.4 is 10.9 Å². The zero-order valence-electron chi connectivity index (χ0n) is 17.6. The van der Waals surface area contributed by atoms with Crippen molar-refractivity contribution in [3.8, 4) is 0 Å². The monoisotopic (exact) mass is 414 g/mol. The van der Waals surface area contributed by atoms with Crippen molar-refractivity contribution >= 4 is 44.4 Å². The fourth-order valence-corrected chi connectivity index (χ4v) is 4.11. The fraction of sp³-hybridized carbons (Fsp3) is 0.200. The summed E-state index contributed by atoms with van der Waals surface area (Å²) in [6.07, 6.45) is 2.36. The highest BCUT2D eigenvalue weighted by atomic mass is 16.4. The van der Waals surface area contributed by atoms with E-state index >= 15 is 0 Å². The topological polar surface area (TPSA) is 88.2 Å². The van der Waals surface area contributed by atoms with Gasteiger partial charge in [-0.25, -0.2) is 4.79 Å². The fourth-order valence-electron chi connectivity index (χ4n) is 4.11. The number of amides is 1. The minimum absolute atomic E-state index is 0.148. The Kier molecular flexibility index (Phi) is 4.43. The molecule has 3 heterocycles. The molecule has 6 nitrogen and oxygen atoms in total. The van der Waals surface area contributed by atoms with Gasteiger partial charge < -0.3 is 19.1 Å². The van der Waals surface area contributed by atoms with E-state index in [9.17, 15) is 9.59 Å². The van der Waals surface area contributed by atoms with E-state index in [0.717, 1.165) is 44.2 Å². The number of aryl methyl sites for hydroxylation is 3. The van der Waals surface area contributed by atoms with Gasteiger partial charge in [0, 0.05) is 51.6 Å². The third kappa shape index (κ3) is 3.30. The van der Waals surface area contributed by atoms with Gasteiger partial charge in [-0.15, -0.1) is 0 Å². The molecule has 3 aromatic heterocycles. The van der Waals surface area contributed by atoms with Gasteiger partial charge >= 0.3 is 5.63 Å². The number of carbonyl (C=O) groups excluding carboxylic acids is 1. The van der Waals surface area contributed by atoms with E-state index in [-0.39, 0.29) is 12.3 Å². The predicted molar refractivity (Wildman–Crippen MR) is 122 cm³/mol. The van der Waals surface area contributed by atoms with Crippen molar-refractivity contribution in [2.75, 3.05) is 5.32 Å². The molecular formula is C25H22N2O4. The van der Waals surface area contributed by atoms with Gasteiger partial charge in [0.1, 0.15) is 16.9 Å². The summed E-state index contributed by atoms with van der Waals surface area (Å²) in [4.78, 5) is 28.2. The molecule has 31 heavy (non-hydrogen) atoms. The minimum Gasteiger partial charge on any atom is -0.461 e. The summed E-state index contributed by atoms with van der Waals surface area (Å²) in [6.45, 7) is 5.83. The molecule has 0 bridgehead atoms. The SMILES string of the molecule is Cc1oc2cc3oc(=O)c(CCC(=O)Nc4ccc5[nH]ccc5c4)c(C)c3cc2c1C. The van der Waals surface area contributed by atoms with Gasteiger partial charge in [0.15, 0.2) is 0 Å². The van der Waals surface area contributed by atoms with Crippen LogP contribution in [0.5, 0.6) is 0 Å². The third-order valence-corrected chi connectivity index (χ3v) is 6.02. The van der Waals surface area contributed by atoms with Crippen LogP contribution in [-0.4, -0.2) is 10.9 Å². The van der Waals surface area contributed by atoms with E-state index in [1.54, 1.807) is 6.07 Å². The van der Waals surface area contributed by atoms with Crippen molar-refractivity contribution in [3.63, 3.8) is 0 Å². The van der Waals surface area contributed by atoms with Gasteiger partial charge in [-0.3, -0.25) is 4.79 Å². The predicted octanol–water partition coefficient (Wildman–Crippen LogP) is 5.52. The quantitative estimate of drug-likeness (QED) is 0.379. The van der Waals surface area contributed by atoms with Crippen molar-refractivity contribution < 1.29 is 13.6 Å². The molecule has 0 radical (unpaired) electrons. The third-order valence-electron chi connectivity index (χ3n) is 6.02. The molecule has 0 aliphatic carbocycles. The first-order chi connectivity index (χ1) is 14.9. The molecule has 2 N–H and O–H groups in total. The van der Waals surface area contributed by atoms with Crippen LogP contribution in [0.1, 0.15) is 28.9 Å². The van der Waals surface area contributed by atoms with Gasteiger partial charge in [0.2, 0.25) is 5.91 Å². The number of aromatic nitrogens is 1. The lowest BCUT2D eigenvalue weighted by Crippen LogP contribution is -2.16. The number of nitrogens with one attached hydrogen (secondary N) is 2. The Labute approximate surface area is 177 Å². The second-order valence-electron chi connectivity index (χ2n) is 7.95. The van der Waals surface area contributed by atoms with E-state index in [1.807, 2.05) is 57.3 Å². The van der Waals surface area contributed by atoms with Crippen molar-refractivity contribution in [2.45, 2.75) is 33.6 Å². The second-order valence-corrected chi connectivity index (χ2v) is 7.95. The summed E-state index contributed by atoms with van der Waals surface area (Å²) >= 11 is 0. The maximum absolute atomic E-state index is 12.6. The number of hydrogen-bond acceptors (Lipinski definition) is 4. The highest BCUT2D eigenvalue weighted by molar-refractivity contribution is 5.97. The zero-order chi connectivity index (χ0) is 21.7. The Balaban J connectivity index is 1.41. The van der Waals surface area contributed by atoms with Gasteiger partial charge in [-0.05, 0) is 68.7 Å². The number of anilines is 1. The molecule has 0 saturated carbocycles. The number of rotatable bonds is 4. The number of aromatic amines is 1. The highest BCUT2D eigenvalue weighted by Crippen LogP contribution is 2.31. The number of fused-ring (bicyclic) bond motifs is 3. The Bertz CT molecular complexity index is 1530. The Morgan fingerprint density at radius 3 is 2.58 bits per heavy atom. The van der Waals surface area contributed by atoms with Gasteiger partial charge in [-0.1, -0.05) is 0 Å². The van der Waals surface area contributed by atoms with Crippen molar-refractivity contribution in [1.82, 2.24) is 4.98 Å². The molecule has 0 spiro atoms. The lowest BCUT2D eigenvalue weighted by molar-refractivity contribution is -0.116. The van der Waals surface area contributed by atoms with E-state index in [0.29, 0.717) is 23.2 Å². The summed E-state index contributed by atoms with van der Waals surface area (Å²) in [6, 6.07) is 11.4. The van der Waals surface area contributed by atoms with Gasteiger partial charge in [0.05, 0.1) is 0 Å². The minimum atomic E-state index is -0.411. The molecule has 5 aromatic rings. The number of hydrogen-bond donors (Lipinski definition) is 2. The lowest BCUT2D eigenvalue weighted by Gasteiger charge is -2.09. The zero-order valence-corrected chi connectivity index (χ0v) is 17.6. The summed E-state index contributed by atoms with van der Waals surface area (Å²) in [5.41, 5.74) is 4.98. The van der Waals surface area contributed by atoms with E-state index in [1.165, 1.54) is 0 Å². The summed E-state index contributed by atoms with van der Waals surface area (Å²) in [5, 5.41) is 5.80. The van der Waals surface area contributed by atoms with Crippen LogP contribution in [0.15, 0.2) is 56.2 Å². The normalized spacial score (nSPS) is 11.6. The van der Waals surface area contributed by atoms with Crippen molar-refractivity contribution in [2.24, 2.45) is 0 Å². The van der Waals surface area contributed by atoms with Crippen LogP contribution >= 0.6 is 0 Å². The molecule has 0 aliphatic heterocycles. The van der Waals surface area contributed by atoms with Gasteiger partial charge in [-0.2, -0.15) is 0 Å². The van der Waals surface area contributed by atoms with E-state index in [2.05, 4.69) is 10.3 Å². The lowest BCUT2D eigenvalue weighted by atomic mass is 10.0. The maximum Gasteiger partial charge on any atom is 0.339 e. The van der Waals surface area contributed by atoms with E-state index < -0.39 is 5.63 Å². The van der Waals surface area contributed by atoms with E-state index in [4.69, 9.17) is 8.83 Å². The summed E-state index contributed by atoms with van der Waals surface area (Å²) < 4.78 is 11.3. The number of furan rings is 1. The summed E-state index contributed by atoms with van der Waals surface area (Å²) in [7, 11) is 0. The number of H-pyrrole nitrogens is 1. The molecule has 156 valence electrons. The molecule has 0 saturated heterocycles. The van der Waals surface area contributed by atoms with Crippen LogP contribution in [0.2, 0.25) is 0 Å². The first-order valence-corrected chi connectivity index (χ1v) is 10.2. The molecule has 6 heteroatoms. The van der Waals surface area contributed by atoms with Crippen LogP contribution in [0.3, 0.4) is 0 Å². The first kappa shape index (κ1) is 19.2. The molecule has 0 atom stereocenters. The molecule has 0 aliphatic rings. The Morgan fingerprint density at radius 1 is 0.968 bits per heavy atom. The molecule has 0 fully saturated rings. The number of benzene rings is 2.